The largest absolute Gasteiger partial charge is 0.228 e. The number of nitrogens with two attached hydrogens (primary N) is 1. The van der Waals surface area contributed by atoms with Crippen LogP contribution in [0.15, 0.2) is 0 Å². The molecule has 5 heteroatoms. The standard InChI is InChI=1S/C2H4N2O2S/c3-1-2-7(4,5)6/h2H2,(H2,4,5,6). The van der Waals surface area contributed by atoms with Crippen LogP contribution in [-0.4, -0.2) is 14.2 Å². The van der Waals surface area contributed by atoms with E-state index in [0.29, 0.717) is 0 Å². The molecule has 0 radical (unpaired) electrons. The van der Waals surface area contributed by atoms with Gasteiger partial charge in [0, 0.05) is 0 Å². The Kier molecular flexibility index (Phi) is 1.75. The Labute approximate surface area is 41.6 Å². The van der Waals surface area contributed by atoms with E-state index in [2.05, 4.69) is 5.14 Å². The second-order valence-corrected chi connectivity index (χ2v) is 2.58. The summed E-state index contributed by atoms with van der Waals surface area (Å²) < 4.78 is 19.6. The summed E-state index contributed by atoms with van der Waals surface area (Å²) in [6.07, 6.45) is 0. The van der Waals surface area contributed by atoms with Gasteiger partial charge >= 0.3 is 0 Å². The van der Waals surface area contributed by atoms with Crippen LogP contribution >= 0.6 is 0 Å². The van der Waals surface area contributed by atoms with Gasteiger partial charge in [0.1, 0.15) is 0 Å². The van der Waals surface area contributed by atoms with E-state index in [1.807, 2.05) is 0 Å². The molecule has 40 valence electrons. The molecule has 0 aromatic heterocycles. The Bertz CT molecular complexity index is 174. The predicted octanol–water partition coefficient (Wildman–Crippen LogP) is -1.20. The van der Waals surface area contributed by atoms with Crippen LogP contribution in [0.4, 0.5) is 0 Å². The van der Waals surface area contributed by atoms with Crippen LogP contribution in [0.5, 0.6) is 0 Å². The zero-order valence-corrected chi connectivity index (χ0v) is 4.27. The number of nitriles is 1. The first kappa shape index (κ1) is 6.40. The summed E-state index contributed by atoms with van der Waals surface area (Å²) in [4.78, 5) is 0. The van der Waals surface area contributed by atoms with Gasteiger partial charge in [-0.1, -0.05) is 0 Å². The smallest absolute Gasteiger partial charge is 0.222 e. The molecule has 0 saturated heterocycles. The van der Waals surface area contributed by atoms with Gasteiger partial charge in [0.2, 0.25) is 10.0 Å². The minimum absolute atomic E-state index is 0.604. The van der Waals surface area contributed by atoms with E-state index in [1.54, 1.807) is 0 Å². The van der Waals surface area contributed by atoms with Gasteiger partial charge in [0.05, 0.1) is 6.07 Å². The summed E-state index contributed by atoms with van der Waals surface area (Å²) in [5.41, 5.74) is 0. The lowest BCUT2D eigenvalue weighted by atomic mass is 10.9. The van der Waals surface area contributed by atoms with E-state index in [4.69, 9.17) is 5.26 Å². The molecule has 0 atom stereocenters. The van der Waals surface area contributed by atoms with Crippen LogP contribution in [0.3, 0.4) is 0 Å². The summed E-state index contributed by atoms with van der Waals surface area (Å²) in [6.45, 7) is 0. The quantitative estimate of drug-likeness (QED) is 0.471. The fourth-order valence-electron chi connectivity index (χ4n) is 0.0900. The summed E-state index contributed by atoms with van der Waals surface area (Å²) >= 11 is 0. The molecule has 4 nitrogen and oxygen atoms in total. The van der Waals surface area contributed by atoms with Crippen molar-refractivity contribution in [1.82, 2.24) is 0 Å². The lowest BCUT2D eigenvalue weighted by Crippen LogP contribution is -2.14. The van der Waals surface area contributed by atoms with Crippen molar-refractivity contribution in [2.24, 2.45) is 5.14 Å². The molecule has 0 heterocycles. The number of hydrogen-bond acceptors (Lipinski definition) is 3. The summed E-state index contributed by atoms with van der Waals surface area (Å²) in [7, 11) is -3.54. The van der Waals surface area contributed by atoms with E-state index >= 15 is 0 Å². The lowest BCUT2D eigenvalue weighted by molar-refractivity contribution is 0.601. The number of rotatable bonds is 1. The molecule has 0 saturated carbocycles. The maximum absolute atomic E-state index is 9.79. The number of primary sulfonamides is 1. The first-order valence-corrected chi connectivity index (χ1v) is 3.15. The molecular weight excluding hydrogens is 116 g/mol. The van der Waals surface area contributed by atoms with Gasteiger partial charge in [-0.05, 0) is 0 Å². The molecule has 7 heavy (non-hydrogen) atoms. The van der Waals surface area contributed by atoms with Gasteiger partial charge in [-0.3, -0.25) is 0 Å². The monoisotopic (exact) mass is 120 g/mol. The molecule has 0 spiro atoms. The highest BCUT2D eigenvalue weighted by atomic mass is 32.2. The molecule has 0 bridgehead atoms. The zero-order valence-electron chi connectivity index (χ0n) is 3.46. The molecule has 0 aliphatic carbocycles. The van der Waals surface area contributed by atoms with E-state index in [1.165, 1.54) is 6.07 Å². The zero-order chi connectivity index (χ0) is 5.91. The lowest BCUT2D eigenvalue weighted by Gasteiger charge is -1.79. The van der Waals surface area contributed by atoms with Gasteiger partial charge in [0.25, 0.3) is 0 Å². The van der Waals surface area contributed by atoms with Gasteiger partial charge in [-0.15, -0.1) is 0 Å². The Balaban J connectivity index is 3.92. The highest BCUT2D eigenvalue weighted by molar-refractivity contribution is 7.89. The average Bonchev–Trinajstić information content (AvgIpc) is 1.30. The summed E-state index contributed by atoms with van der Waals surface area (Å²) in [5.74, 6) is -0.604. The second kappa shape index (κ2) is 1.91. The van der Waals surface area contributed by atoms with Crippen molar-refractivity contribution in [1.29, 1.82) is 5.26 Å². The minimum atomic E-state index is -3.54. The van der Waals surface area contributed by atoms with Crippen molar-refractivity contribution >= 4 is 10.0 Å². The highest BCUT2D eigenvalue weighted by Gasteiger charge is 1.96. The first-order chi connectivity index (χ1) is 3.06. The Morgan fingerprint density at radius 3 is 2.14 bits per heavy atom. The Morgan fingerprint density at radius 1 is 1.71 bits per heavy atom. The molecular formula is C2H4N2O2S. The number of nitrogens with zero attached hydrogens (tertiary/aromatic N) is 1. The highest BCUT2D eigenvalue weighted by Crippen LogP contribution is 1.69. The van der Waals surface area contributed by atoms with Crippen molar-refractivity contribution in [2.45, 2.75) is 0 Å². The molecule has 0 aromatic rings. The Morgan fingerprint density at radius 2 is 2.14 bits per heavy atom. The molecule has 0 rings (SSSR count). The van der Waals surface area contributed by atoms with E-state index < -0.39 is 15.8 Å². The van der Waals surface area contributed by atoms with E-state index in [-0.39, 0.29) is 0 Å². The van der Waals surface area contributed by atoms with Crippen molar-refractivity contribution < 1.29 is 8.42 Å². The maximum Gasteiger partial charge on any atom is 0.222 e. The van der Waals surface area contributed by atoms with Crippen molar-refractivity contribution in [3.63, 3.8) is 0 Å². The SMILES string of the molecule is N#CCS(N)(=O)=O. The first-order valence-electron chi connectivity index (χ1n) is 1.43. The molecule has 0 aromatic carbocycles. The molecule has 2 N–H and O–H groups in total. The third-order valence-electron chi connectivity index (χ3n) is 0.266. The summed E-state index contributed by atoms with van der Waals surface area (Å²) in [5, 5.41) is 12.1. The topological polar surface area (TPSA) is 83.9 Å². The van der Waals surface area contributed by atoms with Crippen LogP contribution in [0.25, 0.3) is 0 Å². The van der Waals surface area contributed by atoms with E-state index in [9.17, 15) is 8.42 Å². The van der Waals surface area contributed by atoms with Crippen molar-refractivity contribution in [2.75, 3.05) is 5.75 Å². The van der Waals surface area contributed by atoms with Crippen LogP contribution in [0, 0.1) is 11.3 Å². The third kappa shape index (κ3) is 5.40. The number of hydrogen-bond donors (Lipinski definition) is 1. The fraction of sp³-hybridized carbons (Fsp3) is 0.500. The molecule has 0 aliphatic rings. The second-order valence-electron chi connectivity index (χ2n) is 0.965. The molecule has 0 unspecified atom stereocenters. The normalized spacial score (nSPS) is 10.3. The Hall–Kier alpha value is -0.600. The maximum atomic E-state index is 9.79. The predicted molar refractivity (Wildman–Crippen MR) is 23.6 cm³/mol. The van der Waals surface area contributed by atoms with Crippen LogP contribution < -0.4 is 5.14 Å². The fourth-order valence-corrected chi connectivity index (χ4v) is 0.270. The van der Waals surface area contributed by atoms with Crippen molar-refractivity contribution in [3.8, 4) is 6.07 Å². The van der Waals surface area contributed by atoms with E-state index in [0.717, 1.165) is 0 Å². The minimum Gasteiger partial charge on any atom is -0.228 e. The molecule has 0 amide bonds. The van der Waals surface area contributed by atoms with Crippen molar-refractivity contribution in [3.05, 3.63) is 0 Å². The van der Waals surface area contributed by atoms with Gasteiger partial charge < -0.3 is 0 Å². The van der Waals surface area contributed by atoms with Gasteiger partial charge in [0.15, 0.2) is 5.75 Å². The van der Waals surface area contributed by atoms with Gasteiger partial charge in [-0.2, -0.15) is 5.26 Å². The van der Waals surface area contributed by atoms with Crippen LogP contribution in [0.1, 0.15) is 0 Å². The average molecular weight is 120 g/mol. The van der Waals surface area contributed by atoms with Crippen LogP contribution in [-0.2, 0) is 10.0 Å². The molecule has 0 aliphatic heterocycles. The van der Waals surface area contributed by atoms with Gasteiger partial charge in [-0.25, -0.2) is 13.6 Å². The van der Waals surface area contributed by atoms with Crippen LogP contribution in [0.2, 0.25) is 0 Å². The number of sulfonamides is 1. The summed E-state index contributed by atoms with van der Waals surface area (Å²) in [6, 6.07) is 1.39. The third-order valence-corrected chi connectivity index (χ3v) is 0.797. The molecule has 0 fully saturated rings.